The Hall–Kier alpha value is -3.65. The zero-order valence-electron chi connectivity index (χ0n) is 21.3. The molecule has 0 aliphatic carbocycles. The molecule has 0 saturated carbocycles. The summed E-state index contributed by atoms with van der Waals surface area (Å²) in [6.07, 6.45) is 2.53. The maximum Gasteiger partial charge on any atom is 0.332 e. The summed E-state index contributed by atoms with van der Waals surface area (Å²) in [7, 11) is 1.53. The van der Waals surface area contributed by atoms with E-state index in [1.165, 1.54) is 30.0 Å². The second kappa shape index (κ2) is 10.1. The largest absolute Gasteiger partial charge is 0.340 e. The second-order valence-corrected chi connectivity index (χ2v) is 10.2. The monoisotopic (exact) mass is 486 g/mol. The van der Waals surface area contributed by atoms with Gasteiger partial charge in [0.15, 0.2) is 5.65 Å². The van der Waals surface area contributed by atoms with Crippen LogP contribution in [0.2, 0.25) is 0 Å². The lowest BCUT2D eigenvalue weighted by Gasteiger charge is -2.15. The molecule has 3 heterocycles. The zero-order valence-corrected chi connectivity index (χ0v) is 21.3. The van der Waals surface area contributed by atoms with E-state index in [0.29, 0.717) is 29.9 Å². The Morgan fingerprint density at radius 1 is 0.944 bits per heavy atom. The van der Waals surface area contributed by atoms with Crippen LogP contribution in [0.15, 0.2) is 64.2 Å². The molecule has 0 spiro atoms. The first-order valence-corrected chi connectivity index (χ1v) is 12.7. The Balaban J connectivity index is 1.62. The number of hydrogen-bond donors (Lipinski definition) is 1. The highest BCUT2D eigenvalue weighted by atomic mass is 16.2. The Bertz CT molecular complexity index is 1480. The van der Waals surface area contributed by atoms with Crippen molar-refractivity contribution < 1.29 is 0 Å². The third-order valence-electron chi connectivity index (χ3n) is 6.74. The summed E-state index contributed by atoms with van der Waals surface area (Å²) in [5, 5.41) is 8.69. The van der Waals surface area contributed by atoms with E-state index >= 15 is 0 Å². The normalized spacial score (nSPS) is 14.2. The first kappa shape index (κ1) is 24.1. The molecule has 36 heavy (non-hydrogen) atoms. The average molecular weight is 487 g/mol. The summed E-state index contributed by atoms with van der Waals surface area (Å²) in [5.74, 6) is 0.820. The molecule has 0 unspecified atom stereocenters. The molecule has 2 aromatic heterocycles. The first-order chi connectivity index (χ1) is 17.4. The molecule has 0 amide bonds. The number of para-hydroxylation sites is 1. The molecule has 1 fully saturated rings. The lowest BCUT2D eigenvalue weighted by atomic mass is 10.1. The van der Waals surface area contributed by atoms with Crippen molar-refractivity contribution in [3.8, 4) is 0 Å². The van der Waals surface area contributed by atoms with Crippen molar-refractivity contribution in [1.29, 1.82) is 0 Å². The molecular weight excluding hydrogens is 452 g/mol. The minimum absolute atomic E-state index is 0.223. The third kappa shape index (κ3) is 4.86. The van der Waals surface area contributed by atoms with Gasteiger partial charge in [0, 0.05) is 25.8 Å². The Morgan fingerprint density at radius 3 is 2.33 bits per heavy atom. The Morgan fingerprint density at radius 2 is 1.64 bits per heavy atom. The van der Waals surface area contributed by atoms with Crippen LogP contribution in [0.4, 0.5) is 11.5 Å². The molecule has 2 aromatic carbocycles. The molecule has 1 N–H and O–H groups in total. The van der Waals surface area contributed by atoms with Crippen molar-refractivity contribution in [1.82, 2.24) is 23.8 Å². The number of nitrogens with zero attached hydrogens (tertiary/aromatic N) is 5. The van der Waals surface area contributed by atoms with Crippen molar-refractivity contribution in [2.45, 2.75) is 46.3 Å². The summed E-state index contributed by atoms with van der Waals surface area (Å²) < 4.78 is 4.63. The summed E-state index contributed by atoms with van der Waals surface area (Å²) in [6.45, 7) is 8.31. The van der Waals surface area contributed by atoms with Gasteiger partial charge in [-0.3, -0.25) is 18.8 Å². The number of nitrogens with one attached hydrogen (secondary N) is 1. The first-order valence-electron chi connectivity index (χ1n) is 12.7. The number of hydrogen-bond acceptors (Lipinski definition) is 5. The lowest BCUT2D eigenvalue weighted by molar-refractivity contribution is 0.331. The molecule has 0 atom stereocenters. The van der Waals surface area contributed by atoms with Gasteiger partial charge in [-0.1, -0.05) is 56.3 Å². The minimum Gasteiger partial charge on any atom is -0.340 e. The van der Waals surface area contributed by atoms with Crippen molar-refractivity contribution in [3.05, 3.63) is 86.6 Å². The molecule has 0 radical (unpaired) electrons. The van der Waals surface area contributed by atoms with Gasteiger partial charge in [0.05, 0.1) is 6.54 Å². The second-order valence-electron chi connectivity index (χ2n) is 10.2. The zero-order chi connectivity index (χ0) is 25.2. The lowest BCUT2D eigenvalue weighted by Crippen LogP contribution is -2.38. The van der Waals surface area contributed by atoms with Gasteiger partial charge < -0.3 is 5.32 Å². The van der Waals surface area contributed by atoms with Crippen LogP contribution in [0.25, 0.3) is 11.0 Å². The molecule has 4 aromatic rings. The fourth-order valence-electron chi connectivity index (χ4n) is 4.99. The minimum atomic E-state index is -0.345. The summed E-state index contributed by atoms with van der Waals surface area (Å²) in [6, 6.07) is 18.3. The van der Waals surface area contributed by atoms with E-state index in [0.717, 1.165) is 30.9 Å². The molecule has 0 bridgehead atoms. The number of anilines is 2. The van der Waals surface area contributed by atoms with E-state index in [-0.39, 0.29) is 17.2 Å². The Kier molecular flexibility index (Phi) is 6.78. The SMILES string of the molecule is CC(C)Cn1c(=O)n(C)c(=O)c2c(Nc3ccccc3)n(Cc3cccc(CN4CCCC4)c3)nc21. The van der Waals surface area contributed by atoms with Gasteiger partial charge in [0.2, 0.25) is 0 Å². The molecule has 1 aliphatic heterocycles. The predicted octanol–water partition coefficient (Wildman–Crippen LogP) is 3.94. The average Bonchev–Trinajstić information content (AvgIpc) is 3.49. The summed E-state index contributed by atoms with van der Waals surface area (Å²) >= 11 is 0. The van der Waals surface area contributed by atoms with Crippen molar-refractivity contribution in [3.63, 3.8) is 0 Å². The van der Waals surface area contributed by atoms with Gasteiger partial charge in [-0.25, -0.2) is 9.48 Å². The third-order valence-corrected chi connectivity index (χ3v) is 6.74. The van der Waals surface area contributed by atoms with Gasteiger partial charge in [0.25, 0.3) is 5.56 Å². The number of benzene rings is 2. The van der Waals surface area contributed by atoms with Crippen molar-refractivity contribution in [2.75, 3.05) is 18.4 Å². The molecular formula is C28H34N6O2. The number of likely N-dealkylation sites (tertiary alicyclic amines) is 1. The van der Waals surface area contributed by atoms with Gasteiger partial charge in [-0.2, -0.15) is 5.10 Å². The van der Waals surface area contributed by atoms with Gasteiger partial charge >= 0.3 is 5.69 Å². The number of aromatic nitrogens is 4. The van der Waals surface area contributed by atoms with Gasteiger partial charge in [-0.15, -0.1) is 0 Å². The van der Waals surface area contributed by atoms with Crippen LogP contribution in [0.5, 0.6) is 0 Å². The van der Waals surface area contributed by atoms with Gasteiger partial charge in [-0.05, 0) is 55.1 Å². The topological polar surface area (TPSA) is 77.1 Å². The molecule has 8 heteroatoms. The number of rotatable bonds is 8. The van der Waals surface area contributed by atoms with Crippen LogP contribution in [-0.4, -0.2) is 36.9 Å². The van der Waals surface area contributed by atoms with E-state index in [4.69, 9.17) is 5.10 Å². The highest BCUT2D eigenvalue weighted by Gasteiger charge is 2.22. The predicted molar refractivity (Wildman–Crippen MR) is 144 cm³/mol. The maximum absolute atomic E-state index is 13.4. The Labute approximate surface area is 210 Å². The fourth-order valence-corrected chi connectivity index (χ4v) is 4.99. The highest BCUT2D eigenvalue weighted by Crippen LogP contribution is 2.25. The van der Waals surface area contributed by atoms with Crippen molar-refractivity contribution in [2.24, 2.45) is 13.0 Å². The van der Waals surface area contributed by atoms with Crippen molar-refractivity contribution >= 4 is 22.5 Å². The van der Waals surface area contributed by atoms with Crippen LogP contribution in [0, 0.1) is 5.92 Å². The van der Waals surface area contributed by atoms with E-state index in [1.807, 2.05) is 35.0 Å². The summed E-state index contributed by atoms with van der Waals surface area (Å²) in [5.41, 5.74) is 2.96. The molecule has 1 aliphatic rings. The maximum atomic E-state index is 13.4. The molecule has 188 valence electrons. The van der Waals surface area contributed by atoms with E-state index in [1.54, 1.807) is 4.57 Å². The van der Waals surface area contributed by atoms with Crippen LogP contribution in [0.1, 0.15) is 37.8 Å². The van der Waals surface area contributed by atoms with Crippen LogP contribution in [0.3, 0.4) is 0 Å². The fraction of sp³-hybridized carbons (Fsp3) is 0.393. The van der Waals surface area contributed by atoms with E-state index in [9.17, 15) is 9.59 Å². The van der Waals surface area contributed by atoms with Gasteiger partial charge in [0.1, 0.15) is 11.2 Å². The van der Waals surface area contributed by atoms with E-state index in [2.05, 4.69) is 48.3 Å². The van der Waals surface area contributed by atoms with Crippen LogP contribution < -0.4 is 16.6 Å². The molecule has 5 rings (SSSR count). The quantitative estimate of drug-likeness (QED) is 0.408. The highest BCUT2D eigenvalue weighted by molar-refractivity contribution is 5.89. The van der Waals surface area contributed by atoms with E-state index < -0.39 is 0 Å². The molecule has 8 nitrogen and oxygen atoms in total. The van der Waals surface area contributed by atoms with Crippen LogP contribution in [-0.2, 0) is 26.7 Å². The summed E-state index contributed by atoms with van der Waals surface area (Å²) in [4.78, 5) is 28.9. The molecule has 1 saturated heterocycles. The standard InChI is InChI=1S/C28H34N6O2/c1-20(2)17-33-26-24(27(35)31(3)28(33)36)25(29-23-12-5-4-6-13-23)34(30-26)19-22-11-9-10-21(16-22)18-32-14-7-8-15-32/h4-6,9-13,16,20,29H,7-8,14-15,17-19H2,1-3H3. The number of fused-ring (bicyclic) bond motifs is 1. The van der Waals surface area contributed by atoms with Crippen LogP contribution >= 0.6 is 0 Å². The smallest absolute Gasteiger partial charge is 0.332 e.